The summed E-state index contributed by atoms with van der Waals surface area (Å²) >= 11 is 0. The molecule has 6 nitrogen and oxygen atoms in total. The summed E-state index contributed by atoms with van der Waals surface area (Å²) in [6.07, 6.45) is 4.69. The first-order valence-electron chi connectivity index (χ1n) is 10.1. The van der Waals surface area contributed by atoms with Gasteiger partial charge in [0, 0.05) is 44.2 Å². The number of amides is 1. The van der Waals surface area contributed by atoms with Crippen LogP contribution >= 0.6 is 0 Å². The summed E-state index contributed by atoms with van der Waals surface area (Å²) in [4.78, 5) is 25.8. The number of hydrogen-bond donors (Lipinski definition) is 1. The number of carbonyl (C=O) groups is 1. The Hall–Kier alpha value is -2.60. The van der Waals surface area contributed by atoms with Crippen LogP contribution < -0.4 is 0 Å². The zero-order chi connectivity index (χ0) is 19.5. The summed E-state index contributed by atoms with van der Waals surface area (Å²) in [5, 5.41) is 1.13. The summed E-state index contributed by atoms with van der Waals surface area (Å²) in [5.41, 5.74) is 5.53. The maximum Gasteiger partial charge on any atom is 0.270 e. The number of fused-ring (bicyclic) bond motifs is 3. The third kappa shape index (κ3) is 2.37. The van der Waals surface area contributed by atoms with Crippen molar-refractivity contribution in [2.45, 2.75) is 31.7 Å². The molecule has 0 bridgehead atoms. The van der Waals surface area contributed by atoms with E-state index in [0.717, 1.165) is 55.5 Å². The number of rotatable bonds is 1. The number of piperidine rings is 1. The Morgan fingerprint density at radius 1 is 1.18 bits per heavy atom. The number of H-pyrrole nitrogens is 1. The minimum absolute atomic E-state index is 0.0418. The molecule has 0 unspecified atom stereocenters. The van der Waals surface area contributed by atoms with Gasteiger partial charge in [-0.2, -0.15) is 0 Å². The lowest BCUT2D eigenvalue weighted by atomic mass is 9.79. The molecule has 4 heterocycles. The fourth-order valence-electron chi connectivity index (χ4n) is 5.27. The minimum Gasteiger partial charge on any atom is -0.348 e. The monoisotopic (exact) mass is 377 g/mol. The van der Waals surface area contributed by atoms with Crippen LogP contribution in [0.4, 0.5) is 0 Å². The van der Waals surface area contributed by atoms with E-state index in [1.165, 1.54) is 17.0 Å². The van der Waals surface area contributed by atoms with Gasteiger partial charge in [-0.1, -0.05) is 18.2 Å². The Bertz CT molecular complexity index is 1050. The smallest absolute Gasteiger partial charge is 0.270 e. The Morgan fingerprint density at radius 3 is 2.71 bits per heavy atom. The number of hydrogen-bond acceptors (Lipinski definition) is 3. The van der Waals surface area contributed by atoms with Crippen LogP contribution in [0.15, 0.2) is 30.6 Å². The molecule has 1 aromatic carbocycles. The van der Waals surface area contributed by atoms with Gasteiger partial charge in [-0.15, -0.1) is 0 Å². The number of nitrogens with zero attached hydrogens (tertiary/aromatic N) is 4. The standard InChI is InChI=1S/C22H27N5O/c1-15-5-4-6-16-13-18(26(3)19(15)16)21(28)27-11-8-22(9-12-27)20-17(23-14-24-20)7-10-25(22)2/h4-6,13-14H,7-12H2,1-3H3,(H,23,24). The van der Waals surface area contributed by atoms with E-state index in [1.807, 2.05) is 24.3 Å². The summed E-state index contributed by atoms with van der Waals surface area (Å²) < 4.78 is 2.05. The average molecular weight is 377 g/mol. The zero-order valence-electron chi connectivity index (χ0n) is 16.8. The second kappa shape index (κ2) is 6.21. The van der Waals surface area contributed by atoms with Gasteiger partial charge in [-0.3, -0.25) is 9.69 Å². The van der Waals surface area contributed by atoms with E-state index >= 15 is 0 Å². The molecule has 6 heteroatoms. The number of benzene rings is 1. The predicted molar refractivity (Wildman–Crippen MR) is 109 cm³/mol. The number of likely N-dealkylation sites (N-methyl/N-ethyl adjacent to an activating group) is 1. The highest BCUT2D eigenvalue weighted by atomic mass is 16.2. The van der Waals surface area contributed by atoms with Gasteiger partial charge < -0.3 is 14.5 Å². The van der Waals surface area contributed by atoms with Gasteiger partial charge in [0.25, 0.3) is 5.91 Å². The first-order chi connectivity index (χ1) is 13.5. The van der Waals surface area contributed by atoms with Crippen LogP contribution in [0.1, 0.15) is 40.3 Å². The molecule has 1 N–H and O–H groups in total. The van der Waals surface area contributed by atoms with Crippen molar-refractivity contribution in [3.05, 3.63) is 53.2 Å². The van der Waals surface area contributed by atoms with Gasteiger partial charge in [0.15, 0.2) is 0 Å². The van der Waals surface area contributed by atoms with Crippen molar-refractivity contribution in [2.24, 2.45) is 7.05 Å². The topological polar surface area (TPSA) is 57.2 Å². The highest BCUT2D eigenvalue weighted by molar-refractivity contribution is 5.99. The molecule has 2 aliphatic rings. The SMILES string of the molecule is Cc1cccc2cc(C(=O)N3CCC4(CC3)c3nc[nH]c3CCN4C)n(C)c12. The Balaban J connectivity index is 1.42. The zero-order valence-corrected chi connectivity index (χ0v) is 16.8. The molecule has 2 aliphatic heterocycles. The number of aromatic amines is 1. The van der Waals surface area contributed by atoms with E-state index in [-0.39, 0.29) is 11.4 Å². The largest absolute Gasteiger partial charge is 0.348 e. The van der Waals surface area contributed by atoms with Crippen molar-refractivity contribution in [2.75, 3.05) is 26.7 Å². The van der Waals surface area contributed by atoms with Crippen molar-refractivity contribution in [1.29, 1.82) is 0 Å². The predicted octanol–water partition coefficient (Wildman–Crippen LogP) is 2.83. The molecule has 28 heavy (non-hydrogen) atoms. The number of likely N-dealkylation sites (tertiary alicyclic amines) is 1. The van der Waals surface area contributed by atoms with Crippen LogP contribution in [0.5, 0.6) is 0 Å². The van der Waals surface area contributed by atoms with Gasteiger partial charge in [-0.05, 0) is 38.4 Å². The highest BCUT2D eigenvalue weighted by Gasteiger charge is 2.45. The lowest BCUT2D eigenvalue weighted by Crippen LogP contribution is -2.55. The Kier molecular flexibility index (Phi) is 3.88. The molecule has 0 radical (unpaired) electrons. The number of carbonyl (C=O) groups excluding carboxylic acids is 1. The van der Waals surface area contributed by atoms with E-state index in [4.69, 9.17) is 0 Å². The molecule has 3 aromatic rings. The first-order valence-corrected chi connectivity index (χ1v) is 10.1. The maximum absolute atomic E-state index is 13.3. The van der Waals surface area contributed by atoms with E-state index in [0.29, 0.717) is 0 Å². The number of imidazole rings is 1. The first kappa shape index (κ1) is 17.5. The van der Waals surface area contributed by atoms with Crippen LogP contribution in [-0.4, -0.2) is 56.9 Å². The number of aromatic nitrogens is 3. The number of nitrogens with one attached hydrogen (secondary N) is 1. The van der Waals surface area contributed by atoms with Crippen LogP contribution in [-0.2, 0) is 19.0 Å². The van der Waals surface area contributed by atoms with E-state index in [9.17, 15) is 4.79 Å². The Labute approximate surface area is 165 Å². The molecule has 0 aliphatic carbocycles. The molecule has 0 saturated carbocycles. The number of aryl methyl sites for hydroxylation is 2. The van der Waals surface area contributed by atoms with Crippen molar-refractivity contribution in [3.63, 3.8) is 0 Å². The molecule has 1 spiro atoms. The summed E-state index contributed by atoms with van der Waals surface area (Å²) in [6, 6.07) is 8.27. The third-order valence-corrected chi connectivity index (χ3v) is 6.94. The molecular weight excluding hydrogens is 350 g/mol. The van der Waals surface area contributed by atoms with E-state index in [2.05, 4.69) is 51.6 Å². The van der Waals surface area contributed by atoms with E-state index in [1.54, 1.807) is 0 Å². The molecule has 5 rings (SSSR count). The fraction of sp³-hybridized carbons (Fsp3) is 0.455. The highest BCUT2D eigenvalue weighted by Crippen LogP contribution is 2.41. The van der Waals surface area contributed by atoms with Gasteiger partial charge in [0.05, 0.1) is 23.1 Å². The van der Waals surface area contributed by atoms with E-state index < -0.39 is 0 Å². The summed E-state index contributed by atoms with van der Waals surface area (Å²) in [6.45, 7) is 4.65. The average Bonchev–Trinajstić information content (AvgIpc) is 3.31. The lowest BCUT2D eigenvalue weighted by Gasteiger charge is -2.49. The second-order valence-electron chi connectivity index (χ2n) is 8.33. The molecule has 0 atom stereocenters. The van der Waals surface area contributed by atoms with Gasteiger partial charge in [-0.25, -0.2) is 4.98 Å². The summed E-state index contributed by atoms with van der Waals surface area (Å²) in [7, 11) is 4.20. The van der Waals surface area contributed by atoms with Gasteiger partial charge in [0.1, 0.15) is 5.69 Å². The molecule has 1 fully saturated rings. The van der Waals surface area contributed by atoms with Crippen molar-refractivity contribution in [1.82, 2.24) is 24.3 Å². The maximum atomic E-state index is 13.3. The van der Waals surface area contributed by atoms with Crippen molar-refractivity contribution in [3.8, 4) is 0 Å². The van der Waals surface area contributed by atoms with Crippen molar-refractivity contribution >= 4 is 16.8 Å². The quantitative estimate of drug-likeness (QED) is 0.709. The Morgan fingerprint density at radius 2 is 1.96 bits per heavy atom. The molecule has 2 aromatic heterocycles. The van der Waals surface area contributed by atoms with Gasteiger partial charge in [0.2, 0.25) is 0 Å². The lowest BCUT2D eigenvalue weighted by molar-refractivity contribution is 0.0221. The fourth-order valence-corrected chi connectivity index (χ4v) is 5.27. The number of para-hydroxylation sites is 1. The van der Waals surface area contributed by atoms with Crippen LogP contribution in [0.3, 0.4) is 0 Å². The van der Waals surface area contributed by atoms with Gasteiger partial charge >= 0.3 is 0 Å². The van der Waals surface area contributed by atoms with Crippen LogP contribution in [0.2, 0.25) is 0 Å². The third-order valence-electron chi connectivity index (χ3n) is 6.94. The normalized spacial score (nSPS) is 19.3. The molecule has 1 saturated heterocycles. The van der Waals surface area contributed by atoms with Crippen molar-refractivity contribution < 1.29 is 4.79 Å². The minimum atomic E-state index is -0.0418. The van der Waals surface area contributed by atoms with Crippen LogP contribution in [0.25, 0.3) is 10.9 Å². The van der Waals surface area contributed by atoms with Crippen LogP contribution in [0, 0.1) is 6.92 Å². The molecule has 1 amide bonds. The molecule has 146 valence electrons. The second-order valence-corrected chi connectivity index (χ2v) is 8.33. The summed E-state index contributed by atoms with van der Waals surface area (Å²) in [5.74, 6) is 0.133. The molecular formula is C22H27N5O.